The average Bonchev–Trinajstić information content (AvgIpc) is 3.34. The molecule has 0 saturated carbocycles. The molecule has 156 valence electrons. The molecule has 1 aromatic heterocycles. The Bertz CT molecular complexity index is 1120. The van der Waals surface area contributed by atoms with Crippen molar-refractivity contribution in [2.75, 3.05) is 13.2 Å². The van der Waals surface area contributed by atoms with Crippen LogP contribution in [0, 0.1) is 0 Å². The number of carbonyl (C=O) groups excluding carboxylic acids is 1. The Morgan fingerprint density at radius 2 is 1.57 bits per heavy atom. The zero-order valence-corrected chi connectivity index (χ0v) is 17.4. The number of amides is 1. The van der Waals surface area contributed by atoms with Crippen LogP contribution in [-0.4, -0.2) is 47.1 Å². The van der Waals surface area contributed by atoms with Crippen molar-refractivity contribution in [1.82, 2.24) is 15.1 Å². The molecule has 4 rings (SSSR count). The number of aromatic nitrogens is 2. The highest BCUT2D eigenvalue weighted by Crippen LogP contribution is 2.36. The van der Waals surface area contributed by atoms with Crippen molar-refractivity contribution in [3.63, 3.8) is 0 Å². The number of sulfone groups is 1. The van der Waals surface area contributed by atoms with Crippen LogP contribution in [-0.2, 0) is 19.4 Å². The molecular formula is C20H19N3O5S2. The van der Waals surface area contributed by atoms with Crippen molar-refractivity contribution in [2.24, 2.45) is 0 Å². The second kappa shape index (κ2) is 8.23. The molecule has 0 atom stereocenters. The van der Waals surface area contributed by atoms with Gasteiger partial charge in [0.2, 0.25) is 0 Å². The van der Waals surface area contributed by atoms with Gasteiger partial charge in [-0.1, -0.05) is 40.9 Å². The van der Waals surface area contributed by atoms with Gasteiger partial charge in [-0.25, -0.2) is 13.9 Å². The number of hydrogen-bond donors (Lipinski definition) is 2. The summed E-state index contributed by atoms with van der Waals surface area (Å²) in [4.78, 5) is 12.4. The molecule has 3 aromatic rings. The molecule has 2 aromatic carbocycles. The zero-order chi connectivity index (χ0) is 21.2. The molecule has 10 heteroatoms. The lowest BCUT2D eigenvalue weighted by molar-refractivity contribution is -0.134. The first kappa shape index (κ1) is 20.6. The molecule has 30 heavy (non-hydrogen) atoms. The summed E-state index contributed by atoms with van der Waals surface area (Å²) in [5.41, 5.74) is 5.03. The van der Waals surface area contributed by atoms with Gasteiger partial charge in [-0.15, -0.1) is 5.10 Å². The van der Waals surface area contributed by atoms with Gasteiger partial charge in [-0.05, 0) is 47.6 Å². The van der Waals surface area contributed by atoms with Gasteiger partial charge in [0.05, 0.1) is 4.90 Å². The minimum atomic E-state index is -4.04. The number of nitrogens with one attached hydrogen (secondary N) is 1. The molecule has 0 bridgehead atoms. The Morgan fingerprint density at radius 3 is 2.10 bits per heavy atom. The summed E-state index contributed by atoms with van der Waals surface area (Å²) in [7, 11) is -4.04. The summed E-state index contributed by atoms with van der Waals surface area (Å²) in [6.45, 7) is 0.261. The Labute approximate surface area is 177 Å². The first-order valence-electron chi connectivity index (χ1n) is 9.23. The molecule has 1 saturated heterocycles. The van der Waals surface area contributed by atoms with Gasteiger partial charge in [0.15, 0.2) is 14.6 Å². The summed E-state index contributed by atoms with van der Waals surface area (Å²) >= 11 is 1.28. The van der Waals surface area contributed by atoms with Gasteiger partial charge in [0.25, 0.3) is 5.91 Å². The normalized spacial score (nSPS) is 16.2. The molecule has 2 heterocycles. The van der Waals surface area contributed by atoms with E-state index in [1.165, 1.54) is 29.1 Å². The van der Waals surface area contributed by atoms with Crippen LogP contribution in [0.25, 0.3) is 22.4 Å². The van der Waals surface area contributed by atoms with E-state index in [1.54, 1.807) is 12.1 Å². The summed E-state index contributed by atoms with van der Waals surface area (Å²) < 4.78 is 33.9. The molecule has 0 spiro atoms. The monoisotopic (exact) mass is 445 g/mol. The Kier molecular flexibility index (Phi) is 5.65. The van der Waals surface area contributed by atoms with E-state index < -0.39 is 20.5 Å². The Morgan fingerprint density at radius 1 is 1.00 bits per heavy atom. The standard InChI is InChI=1S/C20H19N3O5S2/c24-19(22-25)20(9-11-28-12-10-20)30(26,27)17-7-5-15(6-8-17)14-1-3-16(4-2-14)18-13-29-23-21-18/h1-8,13,25H,9-12H2,(H,22,24). The molecule has 2 N–H and O–H groups in total. The maximum atomic E-state index is 13.3. The fraction of sp³-hybridized carbons (Fsp3) is 0.250. The average molecular weight is 446 g/mol. The fourth-order valence-corrected chi connectivity index (χ4v) is 6.00. The van der Waals surface area contributed by atoms with Gasteiger partial charge in [-0.3, -0.25) is 10.0 Å². The minimum Gasteiger partial charge on any atom is -0.381 e. The lowest BCUT2D eigenvalue weighted by Gasteiger charge is -2.34. The van der Waals surface area contributed by atoms with E-state index in [0.717, 1.165) is 22.4 Å². The largest absolute Gasteiger partial charge is 0.381 e. The highest BCUT2D eigenvalue weighted by atomic mass is 32.2. The van der Waals surface area contributed by atoms with Crippen LogP contribution in [0.1, 0.15) is 12.8 Å². The fourth-order valence-electron chi connectivity index (χ4n) is 3.60. The van der Waals surface area contributed by atoms with Gasteiger partial charge in [0, 0.05) is 24.2 Å². The second-order valence-corrected chi connectivity index (χ2v) is 9.81. The van der Waals surface area contributed by atoms with Crippen LogP contribution in [0.4, 0.5) is 0 Å². The lowest BCUT2D eigenvalue weighted by atomic mass is 9.98. The zero-order valence-electron chi connectivity index (χ0n) is 15.8. The SMILES string of the molecule is O=C(NO)C1(S(=O)(=O)c2ccc(-c3ccc(-c4csnn4)cc3)cc2)CCOCC1. The number of hydrogen-bond acceptors (Lipinski definition) is 8. The second-order valence-electron chi connectivity index (χ2n) is 6.94. The maximum Gasteiger partial charge on any atom is 0.265 e. The summed E-state index contributed by atoms with van der Waals surface area (Å²) in [6.07, 6.45) is -0.0349. The predicted molar refractivity (Wildman–Crippen MR) is 111 cm³/mol. The predicted octanol–water partition coefficient (Wildman–Crippen LogP) is 2.70. The van der Waals surface area contributed by atoms with Crippen LogP contribution < -0.4 is 5.48 Å². The van der Waals surface area contributed by atoms with Crippen molar-refractivity contribution in [3.05, 3.63) is 53.9 Å². The molecule has 0 unspecified atom stereocenters. The molecular weight excluding hydrogens is 426 g/mol. The Hall–Kier alpha value is -2.66. The van der Waals surface area contributed by atoms with Crippen LogP contribution in [0.3, 0.4) is 0 Å². The molecule has 0 radical (unpaired) electrons. The maximum absolute atomic E-state index is 13.3. The summed E-state index contributed by atoms with van der Waals surface area (Å²) in [5.74, 6) is -0.929. The summed E-state index contributed by atoms with van der Waals surface area (Å²) in [6, 6.07) is 14.1. The first-order chi connectivity index (χ1) is 14.5. The third-order valence-electron chi connectivity index (χ3n) is 5.37. The van der Waals surface area contributed by atoms with Crippen molar-refractivity contribution in [1.29, 1.82) is 0 Å². The number of benzene rings is 2. The van der Waals surface area contributed by atoms with Crippen molar-refractivity contribution < 1.29 is 23.2 Å². The minimum absolute atomic E-state index is 0.0174. The summed E-state index contributed by atoms with van der Waals surface area (Å²) in [5, 5.41) is 15.0. The van der Waals surface area contributed by atoms with E-state index in [-0.39, 0.29) is 31.0 Å². The van der Waals surface area contributed by atoms with Crippen LogP contribution >= 0.6 is 11.5 Å². The Balaban J connectivity index is 1.63. The molecule has 1 fully saturated rings. The van der Waals surface area contributed by atoms with E-state index in [2.05, 4.69) is 9.59 Å². The molecule has 1 aliphatic heterocycles. The smallest absolute Gasteiger partial charge is 0.265 e. The molecule has 0 aliphatic carbocycles. The van der Waals surface area contributed by atoms with Gasteiger partial charge < -0.3 is 4.74 Å². The number of rotatable bonds is 5. The molecule has 1 amide bonds. The van der Waals surface area contributed by atoms with Crippen LogP contribution in [0.15, 0.2) is 58.8 Å². The van der Waals surface area contributed by atoms with Gasteiger partial charge in [-0.2, -0.15) is 0 Å². The van der Waals surface area contributed by atoms with E-state index in [9.17, 15) is 13.2 Å². The topological polar surface area (TPSA) is 118 Å². The van der Waals surface area contributed by atoms with Crippen molar-refractivity contribution >= 4 is 27.3 Å². The van der Waals surface area contributed by atoms with E-state index in [1.807, 2.05) is 29.6 Å². The molecule has 1 aliphatic rings. The van der Waals surface area contributed by atoms with Crippen molar-refractivity contribution in [3.8, 4) is 22.4 Å². The van der Waals surface area contributed by atoms with Gasteiger partial charge >= 0.3 is 0 Å². The van der Waals surface area contributed by atoms with Crippen LogP contribution in [0.5, 0.6) is 0 Å². The van der Waals surface area contributed by atoms with Crippen LogP contribution in [0.2, 0.25) is 0 Å². The van der Waals surface area contributed by atoms with Gasteiger partial charge in [0.1, 0.15) is 5.69 Å². The lowest BCUT2D eigenvalue weighted by Crippen LogP contribution is -2.54. The quantitative estimate of drug-likeness (QED) is 0.458. The number of hydroxylamine groups is 1. The molecule has 8 nitrogen and oxygen atoms in total. The first-order valence-corrected chi connectivity index (χ1v) is 11.5. The van der Waals surface area contributed by atoms with E-state index in [0.29, 0.717) is 0 Å². The van der Waals surface area contributed by atoms with E-state index >= 15 is 0 Å². The third-order valence-corrected chi connectivity index (χ3v) is 8.39. The van der Waals surface area contributed by atoms with E-state index in [4.69, 9.17) is 9.94 Å². The number of carbonyl (C=O) groups is 1. The highest BCUT2D eigenvalue weighted by Gasteiger charge is 2.52. The number of nitrogens with zero attached hydrogens (tertiary/aromatic N) is 2. The third kappa shape index (κ3) is 3.52. The highest BCUT2D eigenvalue weighted by molar-refractivity contribution is 7.93. The number of ether oxygens (including phenoxy) is 1. The van der Waals surface area contributed by atoms with Crippen molar-refractivity contribution in [2.45, 2.75) is 22.5 Å².